The molecule has 0 radical (unpaired) electrons. The molecule has 0 heterocycles. The number of oxime groups is 1. The van der Waals surface area contributed by atoms with Crippen LogP contribution in [0.5, 0.6) is 0 Å². The summed E-state index contributed by atoms with van der Waals surface area (Å²) < 4.78 is 0. The quantitative estimate of drug-likeness (QED) is 0.451. The number of carbonyl (C=O) groups is 1. The molecule has 0 fully saturated rings. The minimum absolute atomic E-state index is 0.275. The molecular formula is C20H23N3O2. The zero-order valence-electron chi connectivity index (χ0n) is 14.6. The first kappa shape index (κ1) is 18.4. The molecule has 0 aliphatic heterocycles. The van der Waals surface area contributed by atoms with Gasteiger partial charge in [-0.3, -0.25) is 4.79 Å². The van der Waals surface area contributed by atoms with Crippen molar-refractivity contribution in [1.82, 2.24) is 5.43 Å². The molecule has 0 spiro atoms. The van der Waals surface area contributed by atoms with Crippen molar-refractivity contribution in [1.29, 1.82) is 0 Å². The Bertz CT molecular complexity index is 710. The highest BCUT2D eigenvalue weighted by Crippen LogP contribution is 2.02. The summed E-state index contributed by atoms with van der Waals surface area (Å²) >= 11 is 0. The number of amides is 1. The van der Waals surface area contributed by atoms with Gasteiger partial charge in [0.15, 0.2) is 0 Å². The molecule has 0 bridgehead atoms. The Labute approximate surface area is 148 Å². The van der Waals surface area contributed by atoms with Gasteiger partial charge in [0.25, 0.3) is 5.91 Å². The van der Waals surface area contributed by atoms with Gasteiger partial charge < -0.3 is 4.84 Å². The Balaban J connectivity index is 2.06. The minimum Gasteiger partial charge on any atom is -0.396 e. The second-order valence-corrected chi connectivity index (χ2v) is 5.92. The van der Waals surface area contributed by atoms with Crippen LogP contribution in [0.15, 0.2) is 70.9 Å². The van der Waals surface area contributed by atoms with Gasteiger partial charge in [0.1, 0.15) is 12.3 Å². The van der Waals surface area contributed by atoms with E-state index in [0.29, 0.717) is 23.8 Å². The second-order valence-electron chi connectivity index (χ2n) is 5.92. The lowest BCUT2D eigenvalue weighted by Crippen LogP contribution is -2.20. The molecule has 0 aliphatic carbocycles. The van der Waals surface area contributed by atoms with Crippen LogP contribution in [0.3, 0.4) is 0 Å². The molecule has 0 aliphatic rings. The summed E-state index contributed by atoms with van der Waals surface area (Å²) in [5.41, 5.74) is 4.47. The fraction of sp³-hybridized carbons (Fsp3) is 0.250. The Morgan fingerprint density at radius 2 is 1.64 bits per heavy atom. The third kappa shape index (κ3) is 6.59. The maximum atomic E-state index is 12.1. The van der Waals surface area contributed by atoms with Crippen LogP contribution in [0, 0.1) is 5.92 Å². The molecule has 5 nitrogen and oxygen atoms in total. The third-order valence-corrected chi connectivity index (χ3v) is 3.42. The predicted octanol–water partition coefficient (Wildman–Crippen LogP) is 3.87. The SMILES string of the molecule is CC(C)CCON=CC(=NNC(=O)c1ccccc1)c1ccccc1. The zero-order chi connectivity index (χ0) is 17.9. The lowest BCUT2D eigenvalue weighted by molar-refractivity contribution is 0.0955. The van der Waals surface area contributed by atoms with Gasteiger partial charge in [0.2, 0.25) is 0 Å². The number of hydrazone groups is 1. The van der Waals surface area contributed by atoms with Crippen LogP contribution in [0.2, 0.25) is 0 Å². The molecule has 0 unspecified atom stereocenters. The molecular weight excluding hydrogens is 314 g/mol. The lowest BCUT2D eigenvalue weighted by Gasteiger charge is -2.04. The monoisotopic (exact) mass is 337 g/mol. The van der Waals surface area contributed by atoms with Gasteiger partial charge in [-0.2, -0.15) is 5.10 Å². The summed E-state index contributed by atoms with van der Waals surface area (Å²) in [6.07, 6.45) is 2.45. The molecule has 0 aromatic heterocycles. The largest absolute Gasteiger partial charge is 0.396 e. The van der Waals surface area contributed by atoms with Crippen LogP contribution in [0.25, 0.3) is 0 Å². The average molecular weight is 337 g/mol. The number of hydrogen-bond donors (Lipinski definition) is 1. The maximum absolute atomic E-state index is 12.1. The minimum atomic E-state index is -0.275. The van der Waals surface area contributed by atoms with Gasteiger partial charge in [-0.25, -0.2) is 5.43 Å². The number of hydrogen-bond acceptors (Lipinski definition) is 4. The van der Waals surface area contributed by atoms with Crippen LogP contribution in [0.4, 0.5) is 0 Å². The van der Waals surface area contributed by atoms with E-state index in [-0.39, 0.29) is 5.91 Å². The van der Waals surface area contributed by atoms with Crippen molar-refractivity contribution in [2.45, 2.75) is 20.3 Å². The standard InChI is InChI=1S/C20H23N3O2/c1-16(2)13-14-25-21-15-19(17-9-5-3-6-10-17)22-23-20(24)18-11-7-4-8-12-18/h3-12,15-16H,13-14H2,1-2H3,(H,23,24). The first-order valence-corrected chi connectivity index (χ1v) is 8.30. The van der Waals surface area contributed by atoms with Crippen molar-refractivity contribution >= 4 is 17.8 Å². The van der Waals surface area contributed by atoms with Crippen molar-refractivity contribution in [3.05, 3.63) is 71.8 Å². The van der Waals surface area contributed by atoms with E-state index in [1.165, 1.54) is 6.21 Å². The number of nitrogens with zero attached hydrogens (tertiary/aromatic N) is 2. The van der Waals surface area contributed by atoms with Gasteiger partial charge in [-0.05, 0) is 24.5 Å². The number of benzene rings is 2. The molecule has 25 heavy (non-hydrogen) atoms. The molecule has 1 N–H and O–H groups in total. The molecule has 1 amide bonds. The highest BCUT2D eigenvalue weighted by atomic mass is 16.6. The smallest absolute Gasteiger partial charge is 0.271 e. The van der Waals surface area contributed by atoms with Crippen molar-refractivity contribution in [2.75, 3.05) is 6.61 Å². The van der Waals surface area contributed by atoms with Crippen molar-refractivity contribution in [3.8, 4) is 0 Å². The zero-order valence-corrected chi connectivity index (χ0v) is 14.6. The highest BCUT2D eigenvalue weighted by Gasteiger charge is 2.05. The van der Waals surface area contributed by atoms with E-state index in [0.717, 1.165) is 12.0 Å². The van der Waals surface area contributed by atoms with Crippen LogP contribution in [-0.4, -0.2) is 24.4 Å². The van der Waals surface area contributed by atoms with E-state index < -0.39 is 0 Å². The maximum Gasteiger partial charge on any atom is 0.271 e. The first-order chi connectivity index (χ1) is 12.2. The van der Waals surface area contributed by atoms with Crippen LogP contribution in [0.1, 0.15) is 36.2 Å². The van der Waals surface area contributed by atoms with Crippen LogP contribution in [-0.2, 0) is 4.84 Å². The van der Waals surface area contributed by atoms with Gasteiger partial charge in [0.05, 0.1) is 6.21 Å². The normalized spacial score (nSPS) is 11.7. The van der Waals surface area contributed by atoms with Crippen molar-refractivity contribution in [3.63, 3.8) is 0 Å². The Morgan fingerprint density at radius 3 is 2.24 bits per heavy atom. The molecule has 2 aromatic carbocycles. The van der Waals surface area contributed by atoms with E-state index in [2.05, 4.69) is 29.5 Å². The molecule has 130 valence electrons. The average Bonchev–Trinajstić information content (AvgIpc) is 2.65. The van der Waals surface area contributed by atoms with E-state index in [1.54, 1.807) is 24.3 Å². The molecule has 0 saturated carbocycles. The fourth-order valence-corrected chi connectivity index (χ4v) is 1.97. The second kappa shape index (κ2) is 10.0. The summed E-state index contributed by atoms with van der Waals surface area (Å²) in [7, 11) is 0. The van der Waals surface area contributed by atoms with E-state index in [1.807, 2.05) is 36.4 Å². The van der Waals surface area contributed by atoms with E-state index in [9.17, 15) is 4.79 Å². The third-order valence-electron chi connectivity index (χ3n) is 3.42. The van der Waals surface area contributed by atoms with Crippen molar-refractivity contribution in [2.24, 2.45) is 16.2 Å². The van der Waals surface area contributed by atoms with E-state index in [4.69, 9.17) is 4.84 Å². The Hall–Kier alpha value is -2.95. The number of carbonyl (C=O) groups excluding carboxylic acids is 1. The first-order valence-electron chi connectivity index (χ1n) is 8.30. The molecule has 0 saturated heterocycles. The number of nitrogens with one attached hydrogen (secondary N) is 1. The summed E-state index contributed by atoms with van der Waals surface area (Å²) in [4.78, 5) is 17.4. The highest BCUT2D eigenvalue weighted by molar-refractivity contribution is 6.38. The number of rotatable bonds is 8. The summed E-state index contributed by atoms with van der Waals surface area (Å²) in [6, 6.07) is 18.4. The Morgan fingerprint density at radius 1 is 1.04 bits per heavy atom. The van der Waals surface area contributed by atoms with E-state index >= 15 is 0 Å². The molecule has 2 rings (SSSR count). The van der Waals surface area contributed by atoms with Gasteiger partial charge in [-0.1, -0.05) is 67.5 Å². The lowest BCUT2D eigenvalue weighted by atomic mass is 10.1. The molecule has 2 aromatic rings. The fourth-order valence-electron chi connectivity index (χ4n) is 1.97. The van der Waals surface area contributed by atoms with Gasteiger partial charge in [0, 0.05) is 11.1 Å². The van der Waals surface area contributed by atoms with Crippen molar-refractivity contribution < 1.29 is 9.63 Å². The Kier molecular flexibility index (Phi) is 7.38. The predicted molar refractivity (Wildman–Crippen MR) is 101 cm³/mol. The summed E-state index contributed by atoms with van der Waals surface area (Å²) in [6.45, 7) is 4.80. The topological polar surface area (TPSA) is 63.1 Å². The van der Waals surface area contributed by atoms with Gasteiger partial charge in [-0.15, -0.1) is 0 Å². The van der Waals surface area contributed by atoms with Gasteiger partial charge >= 0.3 is 0 Å². The molecule has 0 atom stereocenters. The van der Waals surface area contributed by atoms with Crippen LogP contribution >= 0.6 is 0 Å². The van der Waals surface area contributed by atoms with Crippen LogP contribution < -0.4 is 5.43 Å². The molecule has 5 heteroatoms. The summed E-state index contributed by atoms with van der Waals surface area (Å²) in [5.74, 6) is 0.283. The summed E-state index contributed by atoms with van der Waals surface area (Å²) in [5, 5.41) is 8.15.